The Hall–Kier alpha value is -2.51. The summed E-state index contributed by atoms with van der Waals surface area (Å²) < 4.78 is 12.6. The Morgan fingerprint density at radius 1 is 1.00 bits per heavy atom. The number of halogens is 2. The molecule has 0 saturated carbocycles. The zero-order chi connectivity index (χ0) is 21.6. The maximum atomic E-state index is 6.13. The average Bonchev–Trinajstić information content (AvgIpc) is 3.21. The minimum atomic E-state index is 0. The Labute approximate surface area is 203 Å². The third kappa shape index (κ3) is 5.84. The first kappa shape index (κ1) is 24.1. The van der Waals surface area contributed by atoms with Gasteiger partial charge in [-0.1, -0.05) is 59.3 Å². The molecule has 0 atom stereocenters. The number of nitrogens with zero attached hydrogens (tertiary/aromatic N) is 2. The van der Waals surface area contributed by atoms with E-state index in [4.69, 9.17) is 31.8 Å². The summed E-state index contributed by atoms with van der Waals surface area (Å²) in [6, 6.07) is 21.8. The first-order valence-electron chi connectivity index (χ1n) is 10.0. The summed E-state index contributed by atoms with van der Waals surface area (Å²) in [5, 5.41) is 1.63. The van der Waals surface area contributed by atoms with E-state index in [1.165, 1.54) is 0 Å². The molecular weight excluding hydrogens is 465 g/mol. The Kier molecular flexibility index (Phi) is 8.59. The highest BCUT2D eigenvalue weighted by molar-refractivity contribution is 7.22. The van der Waals surface area contributed by atoms with Crippen LogP contribution in [0.3, 0.4) is 0 Å². The van der Waals surface area contributed by atoms with Crippen molar-refractivity contribution in [3.8, 4) is 11.5 Å². The second kappa shape index (κ2) is 11.4. The lowest BCUT2D eigenvalue weighted by molar-refractivity contribution is 0.284. The van der Waals surface area contributed by atoms with Crippen LogP contribution in [-0.2, 0) is 13.2 Å². The van der Waals surface area contributed by atoms with Crippen LogP contribution in [0.2, 0.25) is 5.02 Å². The zero-order valence-corrected chi connectivity index (χ0v) is 20.1. The van der Waals surface area contributed by atoms with Gasteiger partial charge in [0.05, 0.1) is 17.3 Å². The fourth-order valence-electron chi connectivity index (χ4n) is 3.31. The standard InChI is InChI=1S/C24H24ClN3O2S.ClH/c1-29-22-13-18(7-10-21(22)30-16-17-5-3-2-4-6-17)15-28(12-11-26)24-27-20-9-8-19(25)14-23(20)31-24;/h2-10,13-14H,11-12,15-16,26H2,1H3;1H. The van der Waals surface area contributed by atoms with Crippen molar-refractivity contribution in [1.29, 1.82) is 0 Å². The summed E-state index contributed by atoms with van der Waals surface area (Å²) in [6.07, 6.45) is 0. The quantitative estimate of drug-likeness (QED) is 0.315. The van der Waals surface area contributed by atoms with Crippen LogP contribution in [0.15, 0.2) is 66.7 Å². The van der Waals surface area contributed by atoms with Gasteiger partial charge in [0.25, 0.3) is 0 Å². The summed E-state index contributed by atoms with van der Waals surface area (Å²) in [5.74, 6) is 1.42. The Morgan fingerprint density at radius 3 is 2.56 bits per heavy atom. The van der Waals surface area contributed by atoms with Gasteiger partial charge >= 0.3 is 0 Å². The molecule has 0 unspecified atom stereocenters. The second-order valence-corrected chi connectivity index (χ2v) is 8.52. The SMILES string of the molecule is COc1cc(CN(CCN)c2nc3ccc(Cl)cc3s2)ccc1OCc1ccccc1.Cl. The largest absolute Gasteiger partial charge is 0.493 e. The van der Waals surface area contributed by atoms with Gasteiger partial charge in [0, 0.05) is 24.7 Å². The van der Waals surface area contributed by atoms with Crippen molar-refractivity contribution in [2.24, 2.45) is 5.73 Å². The van der Waals surface area contributed by atoms with E-state index in [1.807, 2.05) is 60.7 Å². The van der Waals surface area contributed by atoms with E-state index in [2.05, 4.69) is 11.0 Å². The molecule has 8 heteroatoms. The number of nitrogens with two attached hydrogens (primary N) is 1. The van der Waals surface area contributed by atoms with E-state index >= 15 is 0 Å². The highest BCUT2D eigenvalue weighted by atomic mass is 35.5. The first-order chi connectivity index (χ1) is 15.2. The third-order valence-corrected chi connectivity index (χ3v) is 6.16. The molecule has 168 valence electrons. The molecule has 0 aliphatic heterocycles. The van der Waals surface area contributed by atoms with Crippen molar-refractivity contribution in [2.75, 3.05) is 25.1 Å². The molecule has 4 rings (SSSR count). The summed E-state index contributed by atoms with van der Waals surface area (Å²) in [7, 11) is 1.66. The van der Waals surface area contributed by atoms with Gasteiger partial charge in [-0.2, -0.15) is 0 Å². The number of fused-ring (bicyclic) bond motifs is 1. The molecule has 4 aromatic rings. The molecule has 0 fully saturated rings. The number of ether oxygens (including phenoxy) is 2. The molecule has 1 aromatic heterocycles. The minimum absolute atomic E-state index is 0. The molecule has 0 spiro atoms. The van der Waals surface area contributed by atoms with Gasteiger partial charge in [-0.25, -0.2) is 4.98 Å². The second-order valence-electron chi connectivity index (χ2n) is 7.08. The number of methoxy groups -OCH3 is 1. The van der Waals surface area contributed by atoms with Crippen molar-refractivity contribution < 1.29 is 9.47 Å². The Bertz CT molecular complexity index is 1150. The molecule has 32 heavy (non-hydrogen) atoms. The van der Waals surface area contributed by atoms with E-state index in [0.717, 1.165) is 32.2 Å². The minimum Gasteiger partial charge on any atom is -0.493 e. The van der Waals surface area contributed by atoms with Crippen molar-refractivity contribution in [3.63, 3.8) is 0 Å². The lowest BCUT2D eigenvalue weighted by atomic mass is 10.2. The molecule has 0 amide bonds. The van der Waals surface area contributed by atoms with Crippen LogP contribution in [0.1, 0.15) is 11.1 Å². The fourth-order valence-corrected chi connectivity index (χ4v) is 4.57. The topological polar surface area (TPSA) is 60.6 Å². The maximum absolute atomic E-state index is 6.13. The smallest absolute Gasteiger partial charge is 0.186 e. The van der Waals surface area contributed by atoms with Crippen LogP contribution < -0.4 is 20.1 Å². The van der Waals surface area contributed by atoms with Crippen molar-refractivity contribution >= 4 is 50.7 Å². The van der Waals surface area contributed by atoms with Crippen molar-refractivity contribution in [3.05, 3.63) is 82.9 Å². The van der Waals surface area contributed by atoms with Gasteiger partial charge in [-0.3, -0.25) is 0 Å². The first-order valence-corrected chi connectivity index (χ1v) is 11.2. The van der Waals surface area contributed by atoms with E-state index < -0.39 is 0 Å². The lowest BCUT2D eigenvalue weighted by Crippen LogP contribution is -2.28. The van der Waals surface area contributed by atoms with E-state index in [9.17, 15) is 0 Å². The van der Waals surface area contributed by atoms with Crippen LogP contribution in [0.4, 0.5) is 5.13 Å². The zero-order valence-electron chi connectivity index (χ0n) is 17.7. The third-order valence-electron chi connectivity index (χ3n) is 4.85. The predicted molar refractivity (Wildman–Crippen MR) is 136 cm³/mol. The van der Waals surface area contributed by atoms with Gasteiger partial charge in [-0.05, 0) is 41.5 Å². The Morgan fingerprint density at radius 2 is 1.81 bits per heavy atom. The van der Waals surface area contributed by atoms with Crippen LogP contribution in [0, 0.1) is 0 Å². The molecule has 2 N–H and O–H groups in total. The molecule has 0 radical (unpaired) electrons. The van der Waals surface area contributed by atoms with E-state index in [1.54, 1.807) is 18.4 Å². The molecule has 5 nitrogen and oxygen atoms in total. The number of thiazole rings is 1. The predicted octanol–water partition coefficient (Wildman–Crippen LogP) is 5.92. The molecule has 0 aliphatic carbocycles. The number of aromatic nitrogens is 1. The summed E-state index contributed by atoms with van der Waals surface area (Å²) in [4.78, 5) is 6.94. The van der Waals surface area contributed by atoms with Gasteiger partial charge in [-0.15, -0.1) is 12.4 Å². The summed E-state index contributed by atoms with van der Waals surface area (Å²) >= 11 is 7.75. The van der Waals surface area contributed by atoms with Crippen LogP contribution in [-0.4, -0.2) is 25.2 Å². The Balaban J connectivity index is 0.00000289. The van der Waals surface area contributed by atoms with Crippen molar-refractivity contribution in [1.82, 2.24) is 4.98 Å². The number of benzene rings is 3. The monoisotopic (exact) mass is 489 g/mol. The number of hydrogen-bond donors (Lipinski definition) is 1. The number of rotatable bonds is 9. The highest BCUT2D eigenvalue weighted by Crippen LogP contribution is 2.33. The average molecular weight is 490 g/mol. The molecule has 0 saturated heterocycles. The lowest BCUT2D eigenvalue weighted by Gasteiger charge is -2.22. The summed E-state index contributed by atoms with van der Waals surface area (Å²) in [5.41, 5.74) is 9.02. The van der Waals surface area contributed by atoms with Gasteiger partial charge in [0.2, 0.25) is 0 Å². The fraction of sp³-hybridized carbons (Fsp3) is 0.208. The molecule has 0 aliphatic rings. The summed E-state index contributed by atoms with van der Waals surface area (Å²) in [6.45, 7) is 2.39. The number of hydrogen-bond acceptors (Lipinski definition) is 6. The maximum Gasteiger partial charge on any atom is 0.186 e. The molecule has 1 heterocycles. The van der Waals surface area contributed by atoms with Gasteiger partial charge in [0.15, 0.2) is 16.6 Å². The molecule has 0 bridgehead atoms. The van der Waals surface area contributed by atoms with Crippen LogP contribution in [0.25, 0.3) is 10.2 Å². The number of anilines is 1. The van der Waals surface area contributed by atoms with Gasteiger partial charge < -0.3 is 20.1 Å². The van der Waals surface area contributed by atoms with Crippen LogP contribution >= 0.6 is 35.3 Å². The van der Waals surface area contributed by atoms with Gasteiger partial charge in [0.1, 0.15) is 6.61 Å². The molecular formula is C24H25Cl2N3O2S. The van der Waals surface area contributed by atoms with Crippen LogP contribution in [0.5, 0.6) is 11.5 Å². The molecule has 3 aromatic carbocycles. The normalized spacial score (nSPS) is 10.6. The highest BCUT2D eigenvalue weighted by Gasteiger charge is 2.14. The van der Waals surface area contributed by atoms with E-state index in [0.29, 0.717) is 37.0 Å². The van der Waals surface area contributed by atoms with E-state index in [-0.39, 0.29) is 12.4 Å². The van der Waals surface area contributed by atoms with Crippen molar-refractivity contribution in [2.45, 2.75) is 13.2 Å².